The van der Waals surface area contributed by atoms with Crippen LogP contribution in [0.15, 0.2) is 12.2 Å². The van der Waals surface area contributed by atoms with Crippen molar-refractivity contribution >= 4 is 17.9 Å². The van der Waals surface area contributed by atoms with E-state index < -0.39 is 6.10 Å². The minimum atomic E-state index is -0.761. The molecule has 1 unspecified atom stereocenters. The zero-order valence-electron chi connectivity index (χ0n) is 46.2. The smallest absolute Gasteiger partial charge is 0.306 e. The van der Waals surface area contributed by atoms with E-state index in [0.29, 0.717) is 19.3 Å². The number of esters is 3. The van der Waals surface area contributed by atoms with Crippen LogP contribution in [0.25, 0.3) is 0 Å². The van der Waals surface area contributed by atoms with Crippen LogP contribution >= 0.6 is 0 Å². The van der Waals surface area contributed by atoms with Crippen molar-refractivity contribution in [2.24, 2.45) is 0 Å². The molecule has 0 radical (unpaired) electrons. The summed E-state index contributed by atoms with van der Waals surface area (Å²) in [6.07, 6.45) is 67.0. The van der Waals surface area contributed by atoms with E-state index in [-0.39, 0.29) is 31.1 Å². The fourth-order valence-electron chi connectivity index (χ4n) is 9.38. The van der Waals surface area contributed by atoms with Crippen molar-refractivity contribution in [1.29, 1.82) is 0 Å². The maximum atomic E-state index is 12.8. The highest BCUT2D eigenvalue weighted by molar-refractivity contribution is 5.71. The van der Waals surface area contributed by atoms with E-state index in [1.165, 1.54) is 244 Å². The second-order valence-electron chi connectivity index (χ2n) is 21.0. The van der Waals surface area contributed by atoms with E-state index in [1.807, 2.05) is 0 Å². The molecule has 0 heterocycles. The van der Waals surface area contributed by atoms with Crippen LogP contribution in [-0.4, -0.2) is 37.2 Å². The molecule has 0 amide bonds. The molecule has 0 spiro atoms. The number of hydrogen-bond donors (Lipinski definition) is 0. The first-order valence-corrected chi connectivity index (χ1v) is 30.7. The molecule has 0 rings (SSSR count). The lowest BCUT2D eigenvalue weighted by molar-refractivity contribution is -0.167. The average Bonchev–Trinajstić information content (AvgIpc) is 3.34. The third kappa shape index (κ3) is 55.1. The zero-order chi connectivity index (χ0) is 49.3. The van der Waals surface area contributed by atoms with Crippen LogP contribution < -0.4 is 0 Å². The van der Waals surface area contributed by atoms with Gasteiger partial charge in [-0.1, -0.05) is 296 Å². The summed E-state index contributed by atoms with van der Waals surface area (Å²) in [6, 6.07) is 0. The second-order valence-corrected chi connectivity index (χ2v) is 21.0. The van der Waals surface area contributed by atoms with Gasteiger partial charge in [-0.3, -0.25) is 14.4 Å². The van der Waals surface area contributed by atoms with Gasteiger partial charge in [-0.15, -0.1) is 0 Å². The second kappa shape index (κ2) is 57.7. The lowest BCUT2D eigenvalue weighted by atomic mass is 10.0. The molecule has 0 saturated carbocycles. The molecule has 402 valence electrons. The van der Waals surface area contributed by atoms with Crippen LogP contribution in [0.3, 0.4) is 0 Å². The Morgan fingerprint density at radius 2 is 0.485 bits per heavy atom. The van der Waals surface area contributed by atoms with Gasteiger partial charge >= 0.3 is 17.9 Å². The molecule has 6 heteroatoms. The molecule has 0 aromatic rings. The van der Waals surface area contributed by atoms with Gasteiger partial charge in [0.2, 0.25) is 0 Å². The minimum absolute atomic E-state index is 0.0647. The lowest BCUT2D eigenvalue weighted by Gasteiger charge is -2.18. The highest BCUT2D eigenvalue weighted by atomic mass is 16.6. The van der Waals surface area contributed by atoms with Crippen LogP contribution in [-0.2, 0) is 28.6 Å². The van der Waals surface area contributed by atoms with E-state index in [0.717, 1.165) is 64.2 Å². The molecule has 0 aromatic heterocycles. The fourth-order valence-corrected chi connectivity index (χ4v) is 9.38. The van der Waals surface area contributed by atoms with Crippen molar-refractivity contribution in [3.63, 3.8) is 0 Å². The Hall–Kier alpha value is -1.85. The molecule has 0 aliphatic carbocycles. The van der Waals surface area contributed by atoms with Crippen LogP contribution in [0.5, 0.6) is 0 Å². The summed E-state index contributed by atoms with van der Waals surface area (Å²) in [5, 5.41) is 0. The van der Waals surface area contributed by atoms with E-state index in [4.69, 9.17) is 14.2 Å². The van der Waals surface area contributed by atoms with E-state index in [2.05, 4.69) is 32.9 Å². The van der Waals surface area contributed by atoms with Crippen molar-refractivity contribution < 1.29 is 28.6 Å². The number of unbranched alkanes of at least 4 members (excludes halogenated alkanes) is 44. The lowest BCUT2D eigenvalue weighted by Crippen LogP contribution is -2.30. The predicted molar refractivity (Wildman–Crippen MR) is 293 cm³/mol. The normalized spacial score (nSPS) is 12.0. The first kappa shape index (κ1) is 66.2. The summed E-state index contributed by atoms with van der Waals surface area (Å²) in [5.74, 6) is -0.855. The summed E-state index contributed by atoms with van der Waals surface area (Å²) >= 11 is 0. The molecule has 0 aliphatic rings. The molecule has 0 fully saturated rings. The molecular formula is C62H118O6. The van der Waals surface area contributed by atoms with Gasteiger partial charge in [0.25, 0.3) is 0 Å². The zero-order valence-corrected chi connectivity index (χ0v) is 46.2. The van der Waals surface area contributed by atoms with E-state index in [9.17, 15) is 14.4 Å². The van der Waals surface area contributed by atoms with Gasteiger partial charge in [0.15, 0.2) is 6.10 Å². The van der Waals surface area contributed by atoms with Gasteiger partial charge in [-0.25, -0.2) is 0 Å². The largest absolute Gasteiger partial charge is 0.462 e. The number of carbonyl (C=O) groups is 3. The predicted octanol–water partition coefficient (Wildman–Crippen LogP) is 20.5. The maximum absolute atomic E-state index is 12.8. The first-order valence-electron chi connectivity index (χ1n) is 30.7. The van der Waals surface area contributed by atoms with Crippen LogP contribution in [0.4, 0.5) is 0 Å². The summed E-state index contributed by atoms with van der Waals surface area (Å²) in [7, 11) is 0. The minimum Gasteiger partial charge on any atom is -0.462 e. The molecule has 6 nitrogen and oxygen atoms in total. The summed E-state index contributed by atoms with van der Waals surface area (Å²) in [4.78, 5) is 37.8. The van der Waals surface area contributed by atoms with Gasteiger partial charge < -0.3 is 14.2 Å². The van der Waals surface area contributed by atoms with E-state index in [1.54, 1.807) is 0 Å². The Bertz CT molecular complexity index is 1060. The number of rotatable bonds is 57. The van der Waals surface area contributed by atoms with Gasteiger partial charge in [0.1, 0.15) is 13.2 Å². The fraction of sp³-hybridized carbons (Fsp3) is 0.919. The monoisotopic (exact) mass is 959 g/mol. The third-order valence-electron chi connectivity index (χ3n) is 14.0. The van der Waals surface area contributed by atoms with Crippen molar-refractivity contribution in [3.8, 4) is 0 Å². The number of ether oxygens (including phenoxy) is 3. The summed E-state index contributed by atoms with van der Waals surface area (Å²) in [5.41, 5.74) is 0. The molecule has 0 saturated heterocycles. The summed E-state index contributed by atoms with van der Waals surface area (Å²) < 4.78 is 16.8. The quantitative estimate of drug-likeness (QED) is 0.0262. The van der Waals surface area contributed by atoms with Gasteiger partial charge in [0, 0.05) is 19.3 Å². The topological polar surface area (TPSA) is 78.9 Å². The molecule has 0 aromatic carbocycles. The van der Waals surface area contributed by atoms with E-state index >= 15 is 0 Å². The molecule has 0 aliphatic heterocycles. The van der Waals surface area contributed by atoms with Crippen LogP contribution in [0, 0.1) is 0 Å². The van der Waals surface area contributed by atoms with Crippen LogP contribution in [0.1, 0.15) is 348 Å². The maximum Gasteiger partial charge on any atom is 0.306 e. The van der Waals surface area contributed by atoms with Gasteiger partial charge in [-0.05, 0) is 44.9 Å². The molecule has 68 heavy (non-hydrogen) atoms. The highest BCUT2D eigenvalue weighted by Gasteiger charge is 2.19. The molecule has 0 N–H and O–H groups in total. The third-order valence-corrected chi connectivity index (χ3v) is 14.0. The Balaban J connectivity index is 3.96. The Morgan fingerprint density at radius 1 is 0.279 bits per heavy atom. The number of carbonyl (C=O) groups excluding carboxylic acids is 3. The standard InChI is InChI=1S/C62H118O6/c1-4-7-10-13-15-17-19-21-23-25-27-28-29-30-31-32-33-34-35-37-38-40-42-44-46-49-52-55-61(64)67-58-59(57-66-60(63)54-51-48-12-9-6-3)68-62(65)56-53-50-47-45-43-41-39-36-26-24-22-20-18-16-14-11-8-5-2/h25,27,59H,4-24,26,28-58H2,1-3H3/b27-25-. The van der Waals surface area contributed by atoms with Crippen molar-refractivity contribution in [1.82, 2.24) is 0 Å². The molecule has 1 atom stereocenters. The van der Waals surface area contributed by atoms with Crippen molar-refractivity contribution in [2.75, 3.05) is 13.2 Å². The molecule has 0 bridgehead atoms. The summed E-state index contributed by atoms with van der Waals surface area (Å²) in [6.45, 7) is 6.62. The van der Waals surface area contributed by atoms with Gasteiger partial charge in [-0.2, -0.15) is 0 Å². The first-order chi connectivity index (χ1) is 33.5. The highest BCUT2D eigenvalue weighted by Crippen LogP contribution is 2.18. The van der Waals surface area contributed by atoms with Crippen molar-refractivity contribution in [2.45, 2.75) is 354 Å². The number of allylic oxidation sites excluding steroid dienone is 2. The van der Waals surface area contributed by atoms with Gasteiger partial charge in [0.05, 0.1) is 0 Å². The SMILES string of the molecule is CCCCCCCCCC/C=C\CCCCCCCCCCCCCCCCCC(=O)OCC(COC(=O)CCCCCCC)OC(=O)CCCCCCCCCCCCCCCCCCCC. The molecular weight excluding hydrogens is 841 g/mol. The van der Waals surface area contributed by atoms with Crippen molar-refractivity contribution in [3.05, 3.63) is 12.2 Å². The Labute approximate surface area is 424 Å². The average molecular weight is 960 g/mol. The Kier molecular flexibility index (Phi) is 56.2. The number of hydrogen-bond acceptors (Lipinski definition) is 6. The van der Waals surface area contributed by atoms with Crippen LogP contribution in [0.2, 0.25) is 0 Å². The Morgan fingerprint density at radius 3 is 0.735 bits per heavy atom.